The van der Waals surface area contributed by atoms with Crippen LogP contribution in [0.3, 0.4) is 0 Å². The third-order valence-corrected chi connectivity index (χ3v) is 2.85. The summed E-state index contributed by atoms with van der Waals surface area (Å²) in [5.74, 6) is 1.35. The summed E-state index contributed by atoms with van der Waals surface area (Å²) in [5.41, 5.74) is 8.33. The zero-order valence-electron chi connectivity index (χ0n) is 11.6. The lowest BCUT2D eigenvalue weighted by Gasteiger charge is -2.11. The number of ether oxygens (including phenoxy) is 2. The molecule has 1 aromatic carbocycles. The number of nitrogens with zero attached hydrogens (tertiary/aromatic N) is 2. The minimum absolute atomic E-state index is 0.266. The first-order valence-corrected chi connectivity index (χ1v) is 6.05. The van der Waals surface area contributed by atoms with E-state index in [1.807, 2.05) is 19.9 Å². The minimum Gasteiger partial charge on any atom is -0.497 e. The Hall–Kier alpha value is -2.74. The summed E-state index contributed by atoms with van der Waals surface area (Å²) in [6, 6.07) is 9.02. The van der Waals surface area contributed by atoms with Crippen LogP contribution in [-0.4, -0.2) is 12.1 Å². The molecule has 0 atom stereocenters. The van der Waals surface area contributed by atoms with Crippen molar-refractivity contribution < 1.29 is 9.47 Å². The van der Waals surface area contributed by atoms with Gasteiger partial charge in [0.25, 0.3) is 0 Å². The zero-order valence-corrected chi connectivity index (χ0v) is 11.6. The molecule has 0 saturated heterocycles. The molecule has 2 aromatic rings. The molecule has 0 bridgehead atoms. The van der Waals surface area contributed by atoms with Crippen molar-refractivity contribution in [3.8, 4) is 23.4 Å². The smallest absolute Gasteiger partial charge is 0.237 e. The minimum atomic E-state index is 0.266. The van der Waals surface area contributed by atoms with Crippen LogP contribution in [0.2, 0.25) is 0 Å². The van der Waals surface area contributed by atoms with Crippen LogP contribution in [0.15, 0.2) is 24.3 Å². The Morgan fingerprint density at radius 2 is 2.00 bits per heavy atom. The Balaban J connectivity index is 2.42. The number of hydrogen-bond donors (Lipinski definition) is 1. The molecule has 2 rings (SSSR count). The predicted octanol–water partition coefficient (Wildman–Crippen LogP) is 2.95. The second kappa shape index (κ2) is 5.49. The van der Waals surface area contributed by atoms with Crippen LogP contribution < -0.4 is 15.2 Å². The Morgan fingerprint density at radius 3 is 2.60 bits per heavy atom. The van der Waals surface area contributed by atoms with Crippen molar-refractivity contribution in [2.75, 3.05) is 12.8 Å². The van der Waals surface area contributed by atoms with Crippen molar-refractivity contribution in [1.29, 1.82) is 5.26 Å². The van der Waals surface area contributed by atoms with Gasteiger partial charge in [0.05, 0.1) is 12.8 Å². The maximum atomic E-state index is 9.20. The van der Waals surface area contributed by atoms with Gasteiger partial charge in [0.1, 0.15) is 17.4 Å². The number of benzene rings is 1. The SMILES string of the molecule is COc1ccc(Oc2nc(C)cc(C)c2C#N)c(N)c1. The second-order valence-corrected chi connectivity index (χ2v) is 4.38. The standard InChI is InChI=1S/C15H15N3O2/c1-9-6-10(2)18-15(12(9)8-16)20-14-5-4-11(19-3)7-13(14)17/h4-7H,17H2,1-3H3. The fourth-order valence-corrected chi connectivity index (χ4v) is 1.86. The van der Waals surface area contributed by atoms with Crippen molar-refractivity contribution in [2.24, 2.45) is 0 Å². The van der Waals surface area contributed by atoms with E-state index in [1.54, 1.807) is 25.3 Å². The molecule has 0 amide bonds. The van der Waals surface area contributed by atoms with E-state index in [-0.39, 0.29) is 5.88 Å². The molecule has 5 heteroatoms. The average molecular weight is 269 g/mol. The molecular formula is C15H15N3O2. The number of nitrogens with two attached hydrogens (primary N) is 1. The van der Waals surface area contributed by atoms with Gasteiger partial charge in [-0.25, -0.2) is 4.98 Å². The average Bonchev–Trinajstić information content (AvgIpc) is 2.40. The molecule has 2 N–H and O–H groups in total. The van der Waals surface area contributed by atoms with Crippen LogP contribution >= 0.6 is 0 Å². The molecule has 102 valence electrons. The van der Waals surface area contributed by atoms with E-state index in [0.717, 1.165) is 11.3 Å². The number of nitriles is 1. The highest BCUT2D eigenvalue weighted by Gasteiger charge is 2.12. The Kier molecular flexibility index (Phi) is 3.76. The van der Waals surface area contributed by atoms with Crippen molar-refractivity contribution >= 4 is 5.69 Å². The fraction of sp³-hybridized carbons (Fsp3) is 0.200. The van der Waals surface area contributed by atoms with Crippen LogP contribution in [0.5, 0.6) is 17.4 Å². The van der Waals surface area contributed by atoms with E-state index < -0.39 is 0 Å². The molecule has 0 saturated carbocycles. The molecule has 0 aliphatic carbocycles. The summed E-state index contributed by atoms with van der Waals surface area (Å²) < 4.78 is 10.8. The van der Waals surface area contributed by atoms with E-state index in [0.29, 0.717) is 22.7 Å². The Labute approximate surface area is 117 Å². The van der Waals surface area contributed by atoms with E-state index in [4.69, 9.17) is 15.2 Å². The first-order chi connectivity index (χ1) is 9.55. The van der Waals surface area contributed by atoms with Crippen LogP contribution in [0.1, 0.15) is 16.8 Å². The van der Waals surface area contributed by atoms with Gasteiger partial charge in [0.15, 0.2) is 5.75 Å². The number of aryl methyl sites for hydroxylation is 2. The largest absolute Gasteiger partial charge is 0.497 e. The number of methoxy groups -OCH3 is 1. The van der Waals surface area contributed by atoms with Gasteiger partial charge in [-0.15, -0.1) is 0 Å². The third-order valence-electron chi connectivity index (χ3n) is 2.85. The van der Waals surface area contributed by atoms with Gasteiger partial charge in [0, 0.05) is 11.8 Å². The lowest BCUT2D eigenvalue weighted by Crippen LogP contribution is -1.99. The molecule has 1 aromatic heterocycles. The first-order valence-electron chi connectivity index (χ1n) is 6.05. The number of rotatable bonds is 3. The molecule has 0 fully saturated rings. The quantitative estimate of drug-likeness (QED) is 0.866. The highest BCUT2D eigenvalue weighted by atomic mass is 16.5. The van der Waals surface area contributed by atoms with E-state index in [2.05, 4.69) is 11.1 Å². The van der Waals surface area contributed by atoms with Gasteiger partial charge in [-0.05, 0) is 37.6 Å². The van der Waals surface area contributed by atoms with Gasteiger partial charge >= 0.3 is 0 Å². The van der Waals surface area contributed by atoms with Crippen molar-refractivity contribution in [3.63, 3.8) is 0 Å². The summed E-state index contributed by atoms with van der Waals surface area (Å²) in [4.78, 5) is 4.25. The Morgan fingerprint density at radius 1 is 1.25 bits per heavy atom. The van der Waals surface area contributed by atoms with Crippen molar-refractivity contribution in [3.05, 3.63) is 41.1 Å². The number of aromatic nitrogens is 1. The second-order valence-electron chi connectivity index (χ2n) is 4.38. The van der Waals surface area contributed by atoms with Gasteiger partial charge in [-0.3, -0.25) is 0 Å². The fourth-order valence-electron chi connectivity index (χ4n) is 1.86. The van der Waals surface area contributed by atoms with E-state index in [9.17, 15) is 5.26 Å². The molecule has 1 heterocycles. The molecule has 0 unspecified atom stereocenters. The molecule has 5 nitrogen and oxygen atoms in total. The summed E-state index contributed by atoms with van der Waals surface area (Å²) in [5, 5.41) is 9.20. The normalized spacial score (nSPS) is 9.90. The third kappa shape index (κ3) is 2.64. The molecule has 20 heavy (non-hydrogen) atoms. The maximum absolute atomic E-state index is 9.20. The maximum Gasteiger partial charge on any atom is 0.237 e. The van der Waals surface area contributed by atoms with E-state index >= 15 is 0 Å². The summed E-state index contributed by atoms with van der Waals surface area (Å²) >= 11 is 0. The Bertz CT molecular complexity index is 690. The van der Waals surface area contributed by atoms with Gasteiger partial charge in [-0.1, -0.05) is 0 Å². The van der Waals surface area contributed by atoms with Crippen molar-refractivity contribution in [1.82, 2.24) is 4.98 Å². The zero-order chi connectivity index (χ0) is 14.7. The van der Waals surface area contributed by atoms with Gasteiger partial charge < -0.3 is 15.2 Å². The van der Waals surface area contributed by atoms with Gasteiger partial charge in [0.2, 0.25) is 5.88 Å². The van der Waals surface area contributed by atoms with Crippen molar-refractivity contribution in [2.45, 2.75) is 13.8 Å². The summed E-state index contributed by atoms with van der Waals surface area (Å²) in [6.45, 7) is 3.69. The van der Waals surface area contributed by atoms with E-state index in [1.165, 1.54) is 0 Å². The molecule has 0 spiro atoms. The topological polar surface area (TPSA) is 81.2 Å². The van der Waals surface area contributed by atoms with Gasteiger partial charge in [-0.2, -0.15) is 5.26 Å². The molecular weight excluding hydrogens is 254 g/mol. The lowest BCUT2D eigenvalue weighted by atomic mass is 10.1. The highest BCUT2D eigenvalue weighted by Crippen LogP contribution is 2.32. The molecule has 0 radical (unpaired) electrons. The van der Waals surface area contributed by atoms with Crippen LogP contribution in [0.25, 0.3) is 0 Å². The summed E-state index contributed by atoms with van der Waals surface area (Å²) in [7, 11) is 1.56. The van der Waals surface area contributed by atoms with Crippen LogP contribution in [0, 0.1) is 25.2 Å². The molecule has 0 aliphatic heterocycles. The van der Waals surface area contributed by atoms with Crippen LogP contribution in [0.4, 0.5) is 5.69 Å². The number of nitrogen functional groups attached to an aromatic ring is 1. The number of hydrogen-bond acceptors (Lipinski definition) is 5. The predicted molar refractivity (Wildman–Crippen MR) is 75.9 cm³/mol. The lowest BCUT2D eigenvalue weighted by molar-refractivity contribution is 0.412. The number of pyridine rings is 1. The monoisotopic (exact) mass is 269 g/mol. The molecule has 0 aliphatic rings. The first kappa shape index (κ1) is 13.7. The number of anilines is 1. The van der Waals surface area contributed by atoms with Crippen LogP contribution in [-0.2, 0) is 0 Å². The highest BCUT2D eigenvalue weighted by molar-refractivity contribution is 5.58. The summed E-state index contributed by atoms with van der Waals surface area (Å²) in [6.07, 6.45) is 0.